The van der Waals surface area contributed by atoms with Crippen LogP contribution in [0.1, 0.15) is 25.7 Å². The molecule has 1 aromatic carbocycles. The molecule has 0 radical (unpaired) electrons. The van der Waals surface area contributed by atoms with Crippen LogP contribution in [-0.4, -0.2) is 29.4 Å². The Bertz CT molecular complexity index is 513. The molecule has 2 rings (SSSR count). The number of benzene rings is 1. The van der Waals surface area contributed by atoms with E-state index in [4.69, 9.17) is 5.11 Å². The molecule has 21 heavy (non-hydrogen) atoms. The van der Waals surface area contributed by atoms with Crippen LogP contribution in [0.2, 0.25) is 0 Å². The number of hydrogen-bond acceptors (Lipinski definition) is 3. The summed E-state index contributed by atoms with van der Waals surface area (Å²) in [5.74, 6) is -0.990. The number of anilines is 1. The SMILES string of the molecule is CSc1cccc(NC(=O)NC2CCC(C(=O)O)CC2)c1. The molecule has 0 spiro atoms. The molecule has 1 saturated carbocycles. The minimum absolute atomic E-state index is 0.0596. The van der Waals surface area contributed by atoms with Gasteiger partial charge in [0.05, 0.1) is 5.92 Å². The third kappa shape index (κ3) is 4.67. The van der Waals surface area contributed by atoms with Crippen molar-refractivity contribution in [3.63, 3.8) is 0 Å². The van der Waals surface area contributed by atoms with Gasteiger partial charge in [0.25, 0.3) is 0 Å². The van der Waals surface area contributed by atoms with Crippen molar-refractivity contribution in [3.05, 3.63) is 24.3 Å². The molecule has 1 aliphatic carbocycles. The Morgan fingerprint density at radius 1 is 1.24 bits per heavy atom. The molecular formula is C15H20N2O3S. The van der Waals surface area contributed by atoms with Gasteiger partial charge in [-0.25, -0.2) is 4.79 Å². The summed E-state index contributed by atoms with van der Waals surface area (Å²) in [7, 11) is 0. The zero-order valence-corrected chi connectivity index (χ0v) is 12.8. The van der Waals surface area contributed by atoms with E-state index in [1.807, 2.05) is 30.5 Å². The number of carboxylic acid groups (broad SMARTS) is 1. The van der Waals surface area contributed by atoms with Gasteiger partial charge in [-0.05, 0) is 50.1 Å². The van der Waals surface area contributed by atoms with E-state index in [1.165, 1.54) is 0 Å². The van der Waals surface area contributed by atoms with Crippen LogP contribution in [0.4, 0.5) is 10.5 Å². The molecule has 5 nitrogen and oxygen atoms in total. The molecule has 2 amide bonds. The summed E-state index contributed by atoms with van der Waals surface area (Å²) in [6, 6.07) is 7.49. The van der Waals surface area contributed by atoms with E-state index in [0.717, 1.165) is 23.4 Å². The van der Waals surface area contributed by atoms with Crippen LogP contribution in [0.15, 0.2) is 29.2 Å². The number of rotatable bonds is 4. The number of carboxylic acids is 1. The molecule has 3 N–H and O–H groups in total. The quantitative estimate of drug-likeness (QED) is 0.747. The molecule has 1 fully saturated rings. The second-order valence-corrected chi connectivity index (χ2v) is 6.10. The van der Waals surface area contributed by atoms with Crippen LogP contribution >= 0.6 is 11.8 Å². The molecule has 114 valence electrons. The van der Waals surface area contributed by atoms with Gasteiger partial charge in [0, 0.05) is 16.6 Å². The second-order valence-electron chi connectivity index (χ2n) is 5.22. The lowest BCUT2D eigenvalue weighted by Gasteiger charge is -2.26. The van der Waals surface area contributed by atoms with Gasteiger partial charge in [0.15, 0.2) is 0 Å². The zero-order valence-electron chi connectivity index (χ0n) is 12.0. The van der Waals surface area contributed by atoms with E-state index in [9.17, 15) is 9.59 Å². The smallest absolute Gasteiger partial charge is 0.319 e. The zero-order chi connectivity index (χ0) is 15.2. The van der Waals surface area contributed by atoms with E-state index in [0.29, 0.717) is 12.8 Å². The molecule has 0 heterocycles. The number of aliphatic carboxylic acids is 1. The Kier molecular flexibility index (Phi) is 5.50. The van der Waals surface area contributed by atoms with Crippen molar-refractivity contribution < 1.29 is 14.7 Å². The average Bonchev–Trinajstić information content (AvgIpc) is 2.47. The monoisotopic (exact) mass is 308 g/mol. The first-order valence-electron chi connectivity index (χ1n) is 7.03. The summed E-state index contributed by atoms with van der Waals surface area (Å²) < 4.78 is 0. The first kappa shape index (κ1) is 15.7. The van der Waals surface area contributed by atoms with Crippen LogP contribution in [0.3, 0.4) is 0 Å². The normalized spacial score (nSPS) is 21.6. The summed E-state index contributed by atoms with van der Waals surface area (Å²) in [4.78, 5) is 23.9. The average molecular weight is 308 g/mol. The van der Waals surface area contributed by atoms with Crippen LogP contribution in [0.25, 0.3) is 0 Å². The maximum Gasteiger partial charge on any atom is 0.319 e. The summed E-state index contributed by atoms with van der Waals surface area (Å²) in [5, 5.41) is 14.7. The van der Waals surface area contributed by atoms with Crippen molar-refractivity contribution >= 4 is 29.4 Å². The van der Waals surface area contributed by atoms with Crippen LogP contribution in [-0.2, 0) is 4.79 Å². The minimum atomic E-state index is -0.730. The van der Waals surface area contributed by atoms with Gasteiger partial charge >= 0.3 is 12.0 Å². The molecular weight excluding hydrogens is 288 g/mol. The van der Waals surface area contributed by atoms with Crippen LogP contribution < -0.4 is 10.6 Å². The lowest BCUT2D eigenvalue weighted by Crippen LogP contribution is -2.40. The molecule has 6 heteroatoms. The number of urea groups is 1. The molecule has 1 aliphatic rings. The Hall–Kier alpha value is -1.69. The number of carbonyl (C=O) groups is 2. The lowest BCUT2D eigenvalue weighted by atomic mass is 9.86. The van der Waals surface area contributed by atoms with Gasteiger partial charge in [-0.15, -0.1) is 11.8 Å². The predicted molar refractivity (Wildman–Crippen MR) is 83.8 cm³/mol. The summed E-state index contributed by atoms with van der Waals surface area (Å²) >= 11 is 1.62. The topological polar surface area (TPSA) is 78.4 Å². The molecule has 1 aromatic rings. The largest absolute Gasteiger partial charge is 0.481 e. The van der Waals surface area contributed by atoms with Gasteiger partial charge in [-0.2, -0.15) is 0 Å². The minimum Gasteiger partial charge on any atom is -0.481 e. The van der Waals surface area contributed by atoms with Crippen molar-refractivity contribution in [2.75, 3.05) is 11.6 Å². The van der Waals surface area contributed by atoms with Crippen LogP contribution in [0, 0.1) is 5.92 Å². The van der Waals surface area contributed by atoms with Crippen LogP contribution in [0.5, 0.6) is 0 Å². The third-order valence-electron chi connectivity index (χ3n) is 3.74. The first-order chi connectivity index (χ1) is 10.1. The highest BCUT2D eigenvalue weighted by Crippen LogP contribution is 2.24. The molecule has 0 unspecified atom stereocenters. The van der Waals surface area contributed by atoms with E-state index < -0.39 is 5.97 Å². The molecule has 0 aliphatic heterocycles. The van der Waals surface area contributed by atoms with Crippen molar-refractivity contribution in [3.8, 4) is 0 Å². The van der Waals surface area contributed by atoms with Crippen molar-refractivity contribution in [1.29, 1.82) is 0 Å². The summed E-state index contributed by atoms with van der Waals surface area (Å²) in [6.07, 6.45) is 4.68. The number of amides is 2. The van der Waals surface area contributed by atoms with Gasteiger partial charge in [-0.3, -0.25) is 4.79 Å². The summed E-state index contributed by atoms with van der Waals surface area (Å²) in [5.41, 5.74) is 0.763. The molecule has 0 saturated heterocycles. The van der Waals surface area contributed by atoms with Crippen molar-refractivity contribution in [1.82, 2.24) is 5.32 Å². The Balaban J connectivity index is 1.81. The Labute approximate surface area is 128 Å². The standard InChI is InChI=1S/C15H20N2O3S/c1-21-13-4-2-3-12(9-13)17-15(20)16-11-7-5-10(6-8-11)14(18)19/h2-4,9-11H,5-8H2,1H3,(H,18,19)(H2,16,17,20). The number of nitrogens with one attached hydrogen (secondary N) is 2. The second kappa shape index (κ2) is 7.36. The number of hydrogen-bond donors (Lipinski definition) is 3. The third-order valence-corrected chi connectivity index (χ3v) is 4.46. The number of carbonyl (C=O) groups excluding carboxylic acids is 1. The summed E-state index contributed by atoms with van der Waals surface area (Å²) in [6.45, 7) is 0. The van der Waals surface area contributed by atoms with Crippen molar-refractivity contribution in [2.24, 2.45) is 5.92 Å². The fourth-order valence-electron chi connectivity index (χ4n) is 2.54. The van der Waals surface area contributed by atoms with Gasteiger partial charge in [0.1, 0.15) is 0 Å². The maximum atomic E-state index is 12.0. The van der Waals surface area contributed by atoms with E-state index >= 15 is 0 Å². The Morgan fingerprint density at radius 3 is 2.57 bits per heavy atom. The first-order valence-corrected chi connectivity index (χ1v) is 8.25. The molecule has 0 aromatic heterocycles. The maximum absolute atomic E-state index is 12.0. The highest BCUT2D eigenvalue weighted by atomic mass is 32.2. The predicted octanol–water partition coefficient (Wildman–Crippen LogP) is 3.17. The number of thioether (sulfide) groups is 1. The van der Waals surface area contributed by atoms with E-state index in [-0.39, 0.29) is 18.0 Å². The highest BCUT2D eigenvalue weighted by Gasteiger charge is 2.26. The molecule has 0 atom stereocenters. The van der Waals surface area contributed by atoms with E-state index in [1.54, 1.807) is 11.8 Å². The fraction of sp³-hybridized carbons (Fsp3) is 0.467. The van der Waals surface area contributed by atoms with Crippen molar-refractivity contribution in [2.45, 2.75) is 36.6 Å². The van der Waals surface area contributed by atoms with Gasteiger partial charge < -0.3 is 15.7 Å². The lowest BCUT2D eigenvalue weighted by molar-refractivity contribution is -0.142. The van der Waals surface area contributed by atoms with E-state index in [2.05, 4.69) is 10.6 Å². The van der Waals surface area contributed by atoms with Gasteiger partial charge in [-0.1, -0.05) is 6.07 Å². The molecule has 0 bridgehead atoms. The fourth-order valence-corrected chi connectivity index (χ4v) is 3.00. The highest BCUT2D eigenvalue weighted by molar-refractivity contribution is 7.98. The van der Waals surface area contributed by atoms with Gasteiger partial charge in [0.2, 0.25) is 0 Å². The Morgan fingerprint density at radius 2 is 1.95 bits per heavy atom.